The summed E-state index contributed by atoms with van der Waals surface area (Å²) in [7, 11) is 0. The second-order valence-electron chi connectivity index (χ2n) is 5.49. The first kappa shape index (κ1) is 13.8. The molecule has 0 saturated carbocycles. The van der Waals surface area contributed by atoms with Crippen LogP contribution in [0.15, 0.2) is 11.4 Å². The Morgan fingerprint density at radius 3 is 3.05 bits per heavy atom. The molecule has 2 fully saturated rings. The van der Waals surface area contributed by atoms with Crippen LogP contribution in [0.4, 0.5) is 0 Å². The number of halogens is 1. The minimum absolute atomic E-state index is 0.408. The van der Waals surface area contributed by atoms with E-state index < -0.39 is 5.79 Å². The zero-order valence-electron chi connectivity index (χ0n) is 11.5. The van der Waals surface area contributed by atoms with Gasteiger partial charge in [-0.1, -0.05) is 11.6 Å². The average Bonchev–Trinajstić information content (AvgIpc) is 3.09. The summed E-state index contributed by atoms with van der Waals surface area (Å²) in [5, 5.41) is 3.46. The highest BCUT2D eigenvalue weighted by Crippen LogP contribution is 2.31. The van der Waals surface area contributed by atoms with E-state index in [1.165, 1.54) is 0 Å². The van der Waals surface area contributed by atoms with Crippen molar-refractivity contribution >= 4 is 33.2 Å². The van der Waals surface area contributed by atoms with Gasteiger partial charge in [-0.3, -0.25) is 4.90 Å². The van der Waals surface area contributed by atoms with E-state index in [0.29, 0.717) is 24.9 Å². The molecule has 112 valence electrons. The van der Waals surface area contributed by atoms with Gasteiger partial charge in [0.25, 0.3) is 0 Å². The largest absolute Gasteiger partial charge is 0.346 e. The van der Waals surface area contributed by atoms with E-state index in [0.717, 1.165) is 42.0 Å². The highest BCUT2D eigenvalue weighted by molar-refractivity contribution is 7.16. The molecular weight excluding hydrogens is 310 g/mol. The van der Waals surface area contributed by atoms with Gasteiger partial charge in [-0.05, 0) is 24.4 Å². The summed E-state index contributed by atoms with van der Waals surface area (Å²) in [4.78, 5) is 12.3. The lowest BCUT2D eigenvalue weighted by Gasteiger charge is -2.38. The van der Waals surface area contributed by atoms with Crippen molar-refractivity contribution in [2.45, 2.75) is 25.2 Å². The van der Waals surface area contributed by atoms with Gasteiger partial charge < -0.3 is 9.47 Å². The topological polar surface area (TPSA) is 47.5 Å². The average molecular weight is 326 g/mol. The predicted octanol–water partition coefficient (Wildman–Crippen LogP) is 2.68. The predicted molar refractivity (Wildman–Crippen MR) is 81.6 cm³/mol. The Morgan fingerprint density at radius 1 is 1.33 bits per heavy atom. The van der Waals surface area contributed by atoms with E-state index in [1.807, 2.05) is 11.4 Å². The maximum Gasteiger partial charge on any atom is 0.181 e. The second kappa shape index (κ2) is 5.44. The fraction of sp³-hybridized carbons (Fsp3) is 0.571. The van der Waals surface area contributed by atoms with E-state index in [4.69, 9.17) is 21.1 Å². The summed E-state index contributed by atoms with van der Waals surface area (Å²) >= 11 is 7.82. The zero-order valence-corrected chi connectivity index (χ0v) is 13.1. The summed E-state index contributed by atoms with van der Waals surface area (Å²) in [6.45, 7) is 3.85. The van der Waals surface area contributed by atoms with Gasteiger partial charge in [0.2, 0.25) is 0 Å². The highest BCUT2D eigenvalue weighted by Gasteiger charge is 2.40. The van der Waals surface area contributed by atoms with Crippen LogP contribution in [0.25, 0.3) is 10.2 Å². The van der Waals surface area contributed by atoms with Crippen LogP contribution in [-0.4, -0.2) is 47.0 Å². The molecule has 2 aromatic heterocycles. The van der Waals surface area contributed by atoms with Crippen molar-refractivity contribution in [3.05, 3.63) is 22.4 Å². The van der Waals surface area contributed by atoms with E-state index in [-0.39, 0.29) is 0 Å². The Bertz CT molecular complexity index is 657. The summed E-state index contributed by atoms with van der Waals surface area (Å²) < 4.78 is 11.6. The van der Waals surface area contributed by atoms with E-state index in [9.17, 15) is 0 Å². The van der Waals surface area contributed by atoms with Crippen LogP contribution in [0, 0.1) is 0 Å². The Morgan fingerprint density at radius 2 is 2.19 bits per heavy atom. The third-order valence-corrected chi connectivity index (χ3v) is 5.09. The lowest BCUT2D eigenvalue weighted by Crippen LogP contribution is -2.48. The molecule has 2 aromatic rings. The van der Waals surface area contributed by atoms with Crippen LogP contribution >= 0.6 is 22.9 Å². The molecule has 0 N–H and O–H groups in total. The van der Waals surface area contributed by atoms with Gasteiger partial charge >= 0.3 is 0 Å². The van der Waals surface area contributed by atoms with Crippen LogP contribution in [0.3, 0.4) is 0 Å². The van der Waals surface area contributed by atoms with Crippen LogP contribution in [0.2, 0.25) is 5.15 Å². The number of hydrogen-bond acceptors (Lipinski definition) is 6. The molecule has 5 nitrogen and oxygen atoms in total. The van der Waals surface area contributed by atoms with E-state index in [1.54, 1.807) is 11.3 Å². The molecule has 0 radical (unpaired) electrons. The van der Waals surface area contributed by atoms with Crippen molar-refractivity contribution in [3.63, 3.8) is 0 Å². The third kappa shape index (κ3) is 2.66. The highest BCUT2D eigenvalue weighted by atomic mass is 35.5. The molecule has 2 aliphatic heterocycles. The van der Waals surface area contributed by atoms with Crippen molar-refractivity contribution in [3.8, 4) is 0 Å². The van der Waals surface area contributed by atoms with E-state index >= 15 is 0 Å². The number of aromatic nitrogens is 2. The fourth-order valence-electron chi connectivity index (χ4n) is 3.07. The number of rotatable bonds is 2. The maximum absolute atomic E-state index is 6.23. The fourth-order valence-corrected chi connectivity index (χ4v) is 4.16. The Kier molecular flexibility index (Phi) is 3.59. The summed E-state index contributed by atoms with van der Waals surface area (Å²) in [6, 6.07) is 1.96. The summed E-state index contributed by atoms with van der Waals surface area (Å²) in [5.74, 6) is 0.361. The standard InChI is InChI=1S/C14H16ClN3O2S/c15-12-10-2-7-21-13(10)17-11(16-12)8-18-4-1-3-14(9-18)19-5-6-20-14/h2,7H,1,3-6,8-9H2. The molecule has 7 heteroatoms. The number of likely N-dealkylation sites (tertiary alicyclic amines) is 1. The Labute approximate surface area is 131 Å². The van der Waals surface area contributed by atoms with Crippen LogP contribution < -0.4 is 0 Å². The third-order valence-electron chi connectivity index (χ3n) is 4.00. The first-order valence-corrected chi connectivity index (χ1v) is 8.40. The number of piperidine rings is 1. The molecule has 0 aromatic carbocycles. The Hall–Kier alpha value is -0.790. The zero-order chi connectivity index (χ0) is 14.3. The molecule has 0 atom stereocenters. The SMILES string of the molecule is Clc1nc(CN2CCCC3(C2)OCCO3)nc2sccc12. The number of ether oxygens (including phenoxy) is 2. The normalized spacial score (nSPS) is 22.3. The second-order valence-corrected chi connectivity index (χ2v) is 6.74. The minimum atomic E-state index is -0.408. The lowest BCUT2D eigenvalue weighted by molar-refractivity contribution is -0.190. The number of hydrogen-bond donors (Lipinski definition) is 0. The molecule has 1 spiro atoms. The molecule has 0 aliphatic carbocycles. The quantitative estimate of drug-likeness (QED) is 0.794. The first-order chi connectivity index (χ1) is 10.2. The molecule has 21 heavy (non-hydrogen) atoms. The molecule has 4 rings (SSSR count). The molecule has 2 aliphatic rings. The van der Waals surface area contributed by atoms with Gasteiger partial charge in [-0.25, -0.2) is 9.97 Å². The van der Waals surface area contributed by atoms with Crippen molar-refractivity contribution in [1.82, 2.24) is 14.9 Å². The maximum atomic E-state index is 6.23. The molecule has 0 bridgehead atoms. The number of fused-ring (bicyclic) bond motifs is 1. The van der Waals surface area contributed by atoms with Crippen molar-refractivity contribution < 1.29 is 9.47 Å². The number of nitrogens with zero attached hydrogens (tertiary/aromatic N) is 3. The van der Waals surface area contributed by atoms with Crippen LogP contribution in [0.5, 0.6) is 0 Å². The monoisotopic (exact) mass is 325 g/mol. The van der Waals surface area contributed by atoms with Crippen molar-refractivity contribution in [2.24, 2.45) is 0 Å². The van der Waals surface area contributed by atoms with Crippen molar-refractivity contribution in [2.75, 3.05) is 26.3 Å². The molecule has 2 saturated heterocycles. The summed E-state index contributed by atoms with van der Waals surface area (Å²) in [6.07, 6.45) is 2.03. The van der Waals surface area contributed by atoms with Crippen LogP contribution in [-0.2, 0) is 16.0 Å². The molecular formula is C14H16ClN3O2S. The first-order valence-electron chi connectivity index (χ1n) is 7.14. The smallest absolute Gasteiger partial charge is 0.181 e. The van der Waals surface area contributed by atoms with Gasteiger partial charge in [0, 0.05) is 11.8 Å². The van der Waals surface area contributed by atoms with Crippen molar-refractivity contribution in [1.29, 1.82) is 0 Å². The van der Waals surface area contributed by atoms with Gasteiger partial charge in [-0.15, -0.1) is 11.3 Å². The molecule has 0 unspecified atom stereocenters. The van der Waals surface area contributed by atoms with Gasteiger partial charge in [-0.2, -0.15) is 0 Å². The summed E-state index contributed by atoms with van der Waals surface area (Å²) in [5.41, 5.74) is 0. The Balaban J connectivity index is 1.53. The number of thiophene rings is 1. The minimum Gasteiger partial charge on any atom is -0.346 e. The molecule has 4 heterocycles. The van der Waals surface area contributed by atoms with E-state index in [2.05, 4.69) is 14.9 Å². The lowest BCUT2D eigenvalue weighted by atomic mass is 10.0. The van der Waals surface area contributed by atoms with Crippen LogP contribution in [0.1, 0.15) is 18.7 Å². The van der Waals surface area contributed by atoms with Gasteiger partial charge in [0.05, 0.1) is 26.3 Å². The van der Waals surface area contributed by atoms with Gasteiger partial charge in [0.15, 0.2) is 5.79 Å². The molecule has 0 amide bonds. The van der Waals surface area contributed by atoms with Gasteiger partial charge in [0.1, 0.15) is 15.8 Å².